The monoisotopic (exact) mass is 296 g/mol. The highest BCUT2D eigenvalue weighted by molar-refractivity contribution is 14.1. The van der Waals surface area contributed by atoms with Crippen molar-refractivity contribution in [3.8, 4) is 0 Å². The summed E-state index contributed by atoms with van der Waals surface area (Å²) in [5, 5.41) is 0. The lowest BCUT2D eigenvalue weighted by Gasteiger charge is -2.08. The van der Waals surface area contributed by atoms with Crippen LogP contribution in [0.15, 0.2) is 24.3 Å². The zero-order valence-electron chi connectivity index (χ0n) is 6.85. The van der Waals surface area contributed by atoms with Gasteiger partial charge in [0, 0.05) is 16.1 Å². The van der Waals surface area contributed by atoms with Crippen molar-refractivity contribution in [1.82, 2.24) is 0 Å². The van der Waals surface area contributed by atoms with E-state index in [0.717, 1.165) is 3.57 Å². The summed E-state index contributed by atoms with van der Waals surface area (Å²) in [6.45, 7) is 0.606. The molecule has 1 rings (SSSR count). The van der Waals surface area contributed by atoms with Crippen molar-refractivity contribution in [2.45, 2.75) is 12.8 Å². The molecular weight excluding hydrogens is 289 g/mol. The molecule has 0 aliphatic rings. The number of hydrogen-bond acceptors (Lipinski definition) is 1. The molecule has 0 radical (unpaired) electrons. The second-order valence-corrected chi connectivity index (χ2v) is 3.97. The van der Waals surface area contributed by atoms with Gasteiger partial charge in [-0.05, 0) is 34.7 Å². The molecule has 1 nitrogen and oxygen atoms in total. The Balaban J connectivity index is 3.03. The summed E-state index contributed by atoms with van der Waals surface area (Å²) in [4.78, 5) is 11.1. The molecule has 0 saturated heterocycles. The normalized spacial score (nSPS) is 11.4. The van der Waals surface area contributed by atoms with E-state index in [1.54, 1.807) is 12.1 Å². The molecule has 0 aromatic heterocycles. The van der Waals surface area contributed by atoms with Crippen molar-refractivity contribution < 1.29 is 13.6 Å². The zero-order valence-corrected chi connectivity index (χ0v) is 9.01. The van der Waals surface area contributed by atoms with Crippen LogP contribution in [-0.2, 0) is 0 Å². The fraction of sp³-hybridized carbons (Fsp3) is 0.222. The van der Waals surface area contributed by atoms with Crippen LogP contribution in [-0.4, -0.2) is 11.7 Å². The highest BCUT2D eigenvalue weighted by atomic mass is 127. The van der Waals surface area contributed by atoms with Crippen LogP contribution < -0.4 is 0 Å². The summed E-state index contributed by atoms with van der Waals surface area (Å²) in [5.74, 6) is -4.42. The van der Waals surface area contributed by atoms with Crippen LogP contribution in [0.5, 0.6) is 0 Å². The van der Waals surface area contributed by atoms with Gasteiger partial charge in [0.15, 0.2) is 0 Å². The molecular formula is C9H7F2IO. The summed E-state index contributed by atoms with van der Waals surface area (Å²) < 4.78 is 25.9. The molecule has 0 amide bonds. The van der Waals surface area contributed by atoms with Crippen LogP contribution in [0.2, 0.25) is 0 Å². The molecule has 1 aromatic carbocycles. The molecule has 0 N–H and O–H groups in total. The van der Waals surface area contributed by atoms with Gasteiger partial charge in [-0.1, -0.05) is 12.1 Å². The minimum absolute atomic E-state index is 0.0550. The van der Waals surface area contributed by atoms with E-state index >= 15 is 0 Å². The van der Waals surface area contributed by atoms with Gasteiger partial charge in [0.25, 0.3) is 0 Å². The molecule has 0 bridgehead atoms. The maximum absolute atomic E-state index is 12.6. The van der Waals surface area contributed by atoms with E-state index in [1.807, 2.05) is 22.6 Å². The van der Waals surface area contributed by atoms with Crippen LogP contribution in [0.1, 0.15) is 17.3 Å². The average molecular weight is 296 g/mol. The van der Waals surface area contributed by atoms with Crippen LogP contribution in [0.25, 0.3) is 0 Å². The molecule has 0 unspecified atom stereocenters. The Morgan fingerprint density at radius 3 is 2.54 bits per heavy atom. The molecule has 0 atom stereocenters. The first-order valence-electron chi connectivity index (χ1n) is 3.59. The van der Waals surface area contributed by atoms with Crippen molar-refractivity contribution >= 4 is 28.4 Å². The van der Waals surface area contributed by atoms with E-state index < -0.39 is 11.7 Å². The van der Waals surface area contributed by atoms with E-state index in [1.165, 1.54) is 12.1 Å². The van der Waals surface area contributed by atoms with Gasteiger partial charge in [-0.2, -0.15) is 8.78 Å². The molecule has 1 aromatic rings. The second-order valence-electron chi connectivity index (χ2n) is 2.73. The molecule has 0 spiro atoms. The minimum atomic E-state index is -3.29. The van der Waals surface area contributed by atoms with Crippen molar-refractivity contribution in [2.24, 2.45) is 0 Å². The highest BCUT2D eigenvalue weighted by Gasteiger charge is 2.32. The quantitative estimate of drug-likeness (QED) is 0.605. The Labute approximate surface area is 88.3 Å². The van der Waals surface area contributed by atoms with E-state index in [4.69, 9.17) is 0 Å². The summed E-state index contributed by atoms with van der Waals surface area (Å²) in [7, 11) is 0. The van der Waals surface area contributed by atoms with Gasteiger partial charge in [-0.3, -0.25) is 4.79 Å². The molecule has 0 fully saturated rings. The minimum Gasteiger partial charge on any atom is -0.287 e. The van der Waals surface area contributed by atoms with Crippen LogP contribution in [0, 0.1) is 3.57 Å². The molecule has 13 heavy (non-hydrogen) atoms. The molecule has 0 aliphatic heterocycles. The Kier molecular flexibility index (Phi) is 3.00. The fourth-order valence-electron chi connectivity index (χ4n) is 0.883. The smallest absolute Gasteiger partial charge is 0.287 e. The molecule has 0 aliphatic carbocycles. The van der Waals surface area contributed by atoms with Crippen molar-refractivity contribution in [3.05, 3.63) is 33.4 Å². The molecule has 0 heterocycles. The average Bonchev–Trinajstić information content (AvgIpc) is 2.01. The van der Waals surface area contributed by atoms with Crippen LogP contribution in [0.3, 0.4) is 0 Å². The number of carbonyl (C=O) groups excluding carboxylic acids is 1. The number of Topliss-reactive ketones (excluding diaryl/α,β-unsaturated/α-hetero) is 1. The fourth-order valence-corrected chi connectivity index (χ4v) is 1.43. The summed E-state index contributed by atoms with van der Waals surface area (Å²) in [6, 6.07) is 6.16. The van der Waals surface area contributed by atoms with Crippen LogP contribution >= 0.6 is 22.6 Å². The third kappa shape index (κ3) is 2.72. The summed E-state index contributed by atoms with van der Waals surface area (Å²) in [6.07, 6.45) is 0. The number of halogens is 3. The lowest BCUT2D eigenvalue weighted by Crippen LogP contribution is -2.24. The summed E-state index contributed by atoms with van der Waals surface area (Å²) in [5.41, 5.74) is 0.0550. The first kappa shape index (κ1) is 10.6. The predicted octanol–water partition coefficient (Wildman–Crippen LogP) is 3.13. The van der Waals surface area contributed by atoms with Gasteiger partial charge < -0.3 is 0 Å². The third-order valence-corrected chi connectivity index (χ3v) is 2.16. The lowest BCUT2D eigenvalue weighted by atomic mass is 10.1. The standard InChI is InChI=1S/C9H7F2IO/c1-9(10,11)8(13)6-3-2-4-7(12)5-6/h2-5H,1H3. The van der Waals surface area contributed by atoms with E-state index in [2.05, 4.69) is 0 Å². The van der Waals surface area contributed by atoms with E-state index in [0.29, 0.717) is 6.92 Å². The largest absolute Gasteiger partial charge is 0.307 e. The number of alkyl halides is 2. The number of rotatable bonds is 2. The highest BCUT2D eigenvalue weighted by Crippen LogP contribution is 2.20. The van der Waals surface area contributed by atoms with Crippen molar-refractivity contribution in [1.29, 1.82) is 0 Å². The number of carbonyl (C=O) groups is 1. The SMILES string of the molecule is CC(F)(F)C(=O)c1cccc(I)c1. The second kappa shape index (κ2) is 3.69. The Morgan fingerprint density at radius 2 is 2.08 bits per heavy atom. The van der Waals surface area contributed by atoms with Crippen molar-refractivity contribution in [3.63, 3.8) is 0 Å². The first-order chi connectivity index (χ1) is 5.91. The Bertz CT molecular complexity index is 331. The number of ketones is 1. The number of benzene rings is 1. The van der Waals surface area contributed by atoms with Gasteiger partial charge >= 0.3 is 5.92 Å². The Morgan fingerprint density at radius 1 is 1.46 bits per heavy atom. The third-order valence-electron chi connectivity index (χ3n) is 1.49. The summed E-state index contributed by atoms with van der Waals surface area (Å²) >= 11 is 1.97. The molecule has 4 heteroatoms. The van der Waals surface area contributed by atoms with Crippen LogP contribution in [0.4, 0.5) is 8.78 Å². The van der Waals surface area contributed by atoms with E-state index in [-0.39, 0.29) is 5.56 Å². The lowest BCUT2D eigenvalue weighted by molar-refractivity contribution is 0.0221. The van der Waals surface area contributed by atoms with Gasteiger partial charge in [0.2, 0.25) is 5.78 Å². The maximum Gasteiger partial charge on any atom is 0.307 e. The van der Waals surface area contributed by atoms with Crippen molar-refractivity contribution in [2.75, 3.05) is 0 Å². The zero-order chi connectivity index (χ0) is 10.1. The van der Waals surface area contributed by atoms with Gasteiger partial charge in [0.1, 0.15) is 0 Å². The molecule has 0 saturated carbocycles. The maximum atomic E-state index is 12.6. The predicted molar refractivity (Wildman–Crippen MR) is 54.1 cm³/mol. The van der Waals surface area contributed by atoms with E-state index in [9.17, 15) is 13.6 Å². The van der Waals surface area contributed by atoms with Gasteiger partial charge in [0.05, 0.1) is 0 Å². The van der Waals surface area contributed by atoms with Gasteiger partial charge in [-0.15, -0.1) is 0 Å². The Hall–Kier alpha value is -0.520. The molecule has 70 valence electrons. The topological polar surface area (TPSA) is 17.1 Å². The first-order valence-corrected chi connectivity index (χ1v) is 4.67. The number of hydrogen-bond donors (Lipinski definition) is 0. The van der Waals surface area contributed by atoms with Gasteiger partial charge in [-0.25, -0.2) is 0 Å².